The van der Waals surface area contributed by atoms with E-state index in [0.29, 0.717) is 37.8 Å². The maximum Gasteiger partial charge on any atom is 0.387 e. The molecule has 154 valence electrons. The van der Waals surface area contributed by atoms with Crippen molar-refractivity contribution >= 4 is 5.96 Å². The van der Waals surface area contributed by atoms with E-state index in [1.54, 1.807) is 24.5 Å². The average molecular weight is 395 g/mol. The molecule has 2 N–H and O–H groups in total. The minimum atomic E-state index is -2.86. The number of aryl methyl sites for hydroxylation is 1. The first-order valence-electron chi connectivity index (χ1n) is 9.25. The van der Waals surface area contributed by atoms with Crippen LogP contribution in [0.2, 0.25) is 0 Å². The Labute approximate surface area is 163 Å². The molecule has 8 heteroatoms. The predicted molar refractivity (Wildman–Crippen MR) is 104 cm³/mol. The van der Waals surface area contributed by atoms with Gasteiger partial charge < -0.3 is 24.5 Å². The van der Waals surface area contributed by atoms with Gasteiger partial charge in [0.2, 0.25) is 0 Å². The molecular formula is C20H27F2N3O3. The van der Waals surface area contributed by atoms with Gasteiger partial charge in [0.1, 0.15) is 18.1 Å². The van der Waals surface area contributed by atoms with Crippen LogP contribution in [0.3, 0.4) is 0 Å². The van der Waals surface area contributed by atoms with Gasteiger partial charge in [0.05, 0.1) is 12.8 Å². The lowest BCUT2D eigenvalue weighted by atomic mass is 10.1. The van der Waals surface area contributed by atoms with E-state index in [2.05, 4.69) is 20.4 Å². The van der Waals surface area contributed by atoms with Crippen molar-refractivity contribution in [3.05, 3.63) is 53.5 Å². The summed E-state index contributed by atoms with van der Waals surface area (Å²) in [5.74, 6) is 1.55. The minimum Gasteiger partial charge on any atom is -0.467 e. The molecule has 1 aromatic heterocycles. The molecule has 6 nitrogen and oxygen atoms in total. The molecule has 1 aromatic carbocycles. The third kappa shape index (κ3) is 7.96. The quantitative estimate of drug-likeness (QED) is 0.344. The first-order chi connectivity index (χ1) is 13.6. The van der Waals surface area contributed by atoms with Gasteiger partial charge in [-0.15, -0.1) is 0 Å². The van der Waals surface area contributed by atoms with Gasteiger partial charge in [-0.25, -0.2) is 4.99 Å². The van der Waals surface area contributed by atoms with E-state index in [9.17, 15) is 8.78 Å². The van der Waals surface area contributed by atoms with E-state index >= 15 is 0 Å². The number of ether oxygens (including phenoxy) is 2. The smallest absolute Gasteiger partial charge is 0.387 e. The minimum absolute atomic E-state index is 0.145. The highest BCUT2D eigenvalue weighted by Gasteiger charge is 2.10. The molecule has 0 atom stereocenters. The van der Waals surface area contributed by atoms with Crippen molar-refractivity contribution in [1.82, 2.24) is 10.6 Å². The Morgan fingerprint density at radius 2 is 2.11 bits per heavy atom. The lowest BCUT2D eigenvalue weighted by molar-refractivity contribution is -0.0504. The zero-order valence-corrected chi connectivity index (χ0v) is 16.2. The van der Waals surface area contributed by atoms with E-state index in [1.807, 2.05) is 26.0 Å². The summed E-state index contributed by atoms with van der Waals surface area (Å²) >= 11 is 0. The van der Waals surface area contributed by atoms with Crippen LogP contribution in [0.25, 0.3) is 0 Å². The maximum atomic E-state index is 12.6. The second-order valence-electron chi connectivity index (χ2n) is 6.10. The number of hydrogen-bond acceptors (Lipinski definition) is 4. The molecule has 0 unspecified atom stereocenters. The Morgan fingerprint density at radius 3 is 2.82 bits per heavy atom. The van der Waals surface area contributed by atoms with Crippen LogP contribution < -0.4 is 15.4 Å². The van der Waals surface area contributed by atoms with Crippen molar-refractivity contribution in [2.45, 2.75) is 40.0 Å². The highest BCUT2D eigenvalue weighted by atomic mass is 19.3. The SMILES string of the molecule is CCNC(=NCc1cc(C)ccc1OC(F)F)NCCCOCc1ccco1. The molecule has 0 saturated carbocycles. The summed E-state index contributed by atoms with van der Waals surface area (Å²) in [5.41, 5.74) is 1.57. The van der Waals surface area contributed by atoms with Crippen molar-refractivity contribution in [2.24, 2.45) is 4.99 Å². The lowest BCUT2D eigenvalue weighted by Crippen LogP contribution is -2.38. The Hall–Kier alpha value is -2.61. The zero-order valence-electron chi connectivity index (χ0n) is 16.2. The van der Waals surface area contributed by atoms with Crippen molar-refractivity contribution in [2.75, 3.05) is 19.7 Å². The normalized spacial score (nSPS) is 11.7. The molecular weight excluding hydrogens is 368 g/mol. The van der Waals surface area contributed by atoms with Crippen LogP contribution in [0, 0.1) is 6.92 Å². The first-order valence-corrected chi connectivity index (χ1v) is 9.25. The van der Waals surface area contributed by atoms with Crippen LogP contribution in [-0.2, 0) is 17.9 Å². The van der Waals surface area contributed by atoms with E-state index in [4.69, 9.17) is 9.15 Å². The van der Waals surface area contributed by atoms with Gasteiger partial charge in [0, 0.05) is 25.3 Å². The second kappa shape index (κ2) is 12.0. The van der Waals surface area contributed by atoms with Gasteiger partial charge in [-0.3, -0.25) is 0 Å². The number of hydrogen-bond donors (Lipinski definition) is 2. The van der Waals surface area contributed by atoms with Gasteiger partial charge in [0.25, 0.3) is 0 Å². The molecule has 0 aliphatic rings. The van der Waals surface area contributed by atoms with Crippen LogP contribution in [0.4, 0.5) is 8.78 Å². The number of rotatable bonds is 11. The number of furan rings is 1. The fourth-order valence-corrected chi connectivity index (χ4v) is 2.50. The van der Waals surface area contributed by atoms with Gasteiger partial charge >= 0.3 is 6.61 Å². The molecule has 0 aliphatic carbocycles. The largest absolute Gasteiger partial charge is 0.467 e. The molecule has 0 radical (unpaired) electrons. The van der Waals surface area contributed by atoms with Crippen LogP contribution in [0.5, 0.6) is 5.75 Å². The van der Waals surface area contributed by atoms with E-state index in [1.165, 1.54) is 0 Å². The Morgan fingerprint density at radius 1 is 1.25 bits per heavy atom. The molecule has 1 heterocycles. The van der Waals surface area contributed by atoms with E-state index in [-0.39, 0.29) is 12.3 Å². The molecule has 2 aromatic rings. The number of nitrogens with zero attached hydrogens (tertiary/aromatic N) is 1. The van der Waals surface area contributed by atoms with Crippen molar-refractivity contribution in [3.8, 4) is 5.75 Å². The van der Waals surface area contributed by atoms with Gasteiger partial charge in [0.15, 0.2) is 5.96 Å². The Balaban J connectivity index is 1.82. The van der Waals surface area contributed by atoms with Crippen LogP contribution in [-0.4, -0.2) is 32.3 Å². The zero-order chi connectivity index (χ0) is 20.2. The molecule has 0 spiro atoms. The first kappa shape index (κ1) is 21.7. The van der Waals surface area contributed by atoms with Gasteiger partial charge in [-0.1, -0.05) is 17.7 Å². The van der Waals surface area contributed by atoms with E-state index < -0.39 is 6.61 Å². The van der Waals surface area contributed by atoms with Gasteiger partial charge in [-0.2, -0.15) is 8.78 Å². The topological polar surface area (TPSA) is 68.0 Å². The van der Waals surface area contributed by atoms with Crippen molar-refractivity contribution in [3.63, 3.8) is 0 Å². The molecule has 0 fully saturated rings. The Kier molecular flexibility index (Phi) is 9.27. The average Bonchev–Trinajstić information content (AvgIpc) is 3.17. The van der Waals surface area contributed by atoms with Crippen LogP contribution in [0.1, 0.15) is 30.2 Å². The van der Waals surface area contributed by atoms with Crippen molar-refractivity contribution < 1.29 is 22.7 Å². The molecule has 28 heavy (non-hydrogen) atoms. The Bertz CT molecular complexity index is 721. The third-order valence-electron chi connectivity index (χ3n) is 3.77. The fourth-order valence-electron chi connectivity index (χ4n) is 2.50. The van der Waals surface area contributed by atoms with Crippen LogP contribution in [0.15, 0.2) is 46.0 Å². The number of halogens is 2. The number of benzene rings is 1. The summed E-state index contributed by atoms with van der Waals surface area (Å²) in [6, 6.07) is 8.77. The van der Waals surface area contributed by atoms with Crippen LogP contribution >= 0.6 is 0 Å². The summed E-state index contributed by atoms with van der Waals surface area (Å²) in [6.45, 7) is 3.60. The molecule has 2 rings (SSSR count). The molecule has 0 amide bonds. The summed E-state index contributed by atoms with van der Waals surface area (Å²) in [4.78, 5) is 4.46. The third-order valence-corrected chi connectivity index (χ3v) is 3.77. The molecule has 0 saturated heterocycles. The number of alkyl halides is 2. The summed E-state index contributed by atoms with van der Waals surface area (Å²) in [5, 5.41) is 6.34. The predicted octanol–water partition coefficient (Wildman–Crippen LogP) is 3.85. The maximum absolute atomic E-state index is 12.6. The highest BCUT2D eigenvalue weighted by Crippen LogP contribution is 2.22. The second-order valence-corrected chi connectivity index (χ2v) is 6.10. The fraction of sp³-hybridized carbons (Fsp3) is 0.450. The number of nitrogens with one attached hydrogen (secondary N) is 2. The highest BCUT2D eigenvalue weighted by molar-refractivity contribution is 5.79. The standard InChI is InChI=1S/C20H27F2N3O3/c1-3-23-20(24-9-5-10-26-14-17-6-4-11-27-17)25-13-16-12-15(2)7-8-18(16)28-19(21)22/h4,6-8,11-12,19H,3,5,9-10,13-14H2,1-2H3,(H2,23,24,25). The van der Waals surface area contributed by atoms with Gasteiger partial charge in [-0.05, 0) is 38.5 Å². The molecule has 0 aliphatic heterocycles. The monoisotopic (exact) mass is 395 g/mol. The summed E-state index contributed by atoms with van der Waals surface area (Å²) in [6.07, 6.45) is 2.40. The lowest BCUT2D eigenvalue weighted by Gasteiger charge is -2.13. The van der Waals surface area contributed by atoms with Crippen molar-refractivity contribution in [1.29, 1.82) is 0 Å². The van der Waals surface area contributed by atoms with E-state index in [0.717, 1.165) is 17.7 Å². The summed E-state index contributed by atoms with van der Waals surface area (Å²) < 4.78 is 40.5. The number of guanidine groups is 1. The molecule has 0 bridgehead atoms. The summed E-state index contributed by atoms with van der Waals surface area (Å²) in [7, 11) is 0. The number of aliphatic imine (C=N–C) groups is 1.